The van der Waals surface area contributed by atoms with Crippen molar-refractivity contribution in [2.75, 3.05) is 20.0 Å². The van der Waals surface area contributed by atoms with Crippen LogP contribution in [0, 0.1) is 0 Å². The highest BCUT2D eigenvalue weighted by Crippen LogP contribution is 2.38. The lowest BCUT2D eigenvalue weighted by atomic mass is 10.1. The lowest BCUT2D eigenvalue weighted by molar-refractivity contribution is 0.402. The number of hydrogen-bond acceptors (Lipinski definition) is 5. The van der Waals surface area contributed by atoms with Crippen molar-refractivity contribution in [2.45, 2.75) is 0 Å². The molecule has 0 aliphatic rings. The zero-order valence-corrected chi connectivity index (χ0v) is 11.8. The van der Waals surface area contributed by atoms with Gasteiger partial charge in [0.25, 0.3) is 0 Å². The van der Waals surface area contributed by atoms with Gasteiger partial charge < -0.3 is 15.2 Å². The van der Waals surface area contributed by atoms with Crippen LogP contribution in [0.3, 0.4) is 0 Å². The van der Waals surface area contributed by atoms with Gasteiger partial charge in [0.05, 0.1) is 24.4 Å². The highest BCUT2D eigenvalue weighted by Gasteiger charge is 2.13. The monoisotopic (exact) mass is 314 g/mol. The van der Waals surface area contributed by atoms with Crippen molar-refractivity contribution >= 4 is 32.4 Å². The van der Waals surface area contributed by atoms with Crippen molar-refractivity contribution in [3.8, 4) is 22.8 Å². The van der Waals surface area contributed by atoms with E-state index < -0.39 is 0 Å². The second-order valence-corrected chi connectivity index (χ2v) is 5.00. The molecule has 0 saturated carbocycles. The fourth-order valence-corrected chi connectivity index (χ4v) is 2.52. The number of nitrogen functional groups attached to an aromatic ring is 1. The first kappa shape index (κ1) is 12.2. The summed E-state index contributed by atoms with van der Waals surface area (Å²) in [4.78, 5) is 4.24. The molecule has 0 amide bonds. The van der Waals surface area contributed by atoms with E-state index in [4.69, 9.17) is 15.2 Å². The normalized spacial score (nSPS) is 10.3. The second kappa shape index (κ2) is 4.93. The molecule has 0 atom stereocenters. The molecule has 0 bridgehead atoms. The third-order valence-corrected chi connectivity index (χ3v) is 3.57. The summed E-state index contributed by atoms with van der Waals surface area (Å²) in [7, 11) is 3.24. The van der Waals surface area contributed by atoms with E-state index in [-0.39, 0.29) is 0 Å². The predicted molar refractivity (Wildman–Crippen MR) is 72.8 cm³/mol. The van der Waals surface area contributed by atoms with Gasteiger partial charge in [-0.05, 0) is 28.1 Å². The molecule has 4 nitrogen and oxygen atoms in total. The van der Waals surface area contributed by atoms with Crippen LogP contribution in [0.1, 0.15) is 0 Å². The summed E-state index contributed by atoms with van der Waals surface area (Å²) in [6.45, 7) is 0. The van der Waals surface area contributed by atoms with Crippen molar-refractivity contribution in [1.29, 1.82) is 0 Å². The Kier molecular flexibility index (Phi) is 3.54. The molecule has 0 saturated heterocycles. The van der Waals surface area contributed by atoms with Gasteiger partial charge in [-0.15, -0.1) is 11.3 Å². The summed E-state index contributed by atoms with van der Waals surface area (Å²) in [6.07, 6.45) is 0. The summed E-state index contributed by atoms with van der Waals surface area (Å²) in [5.41, 5.74) is 7.28. The summed E-state index contributed by atoms with van der Waals surface area (Å²) < 4.78 is 11.4. The smallest absolute Gasteiger partial charge is 0.180 e. The average Bonchev–Trinajstić information content (AvgIpc) is 2.75. The fourth-order valence-electron chi connectivity index (χ4n) is 1.47. The van der Waals surface area contributed by atoms with Gasteiger partial charge in [-0.3, -0.25) is 0 Å². The Morgan fingerprint density at radius 2 is 1.94 bits per heavy atom. The summed E-state index contributed by atoms with van der Waals surface area (Å²) in [5, 5.41) is 2.42. The zero-order chi connectivity index (χ0) is 12.4. The standard InChI is InChI=1S/C11H11BrN2O2S/c1-15-9-4-7(12)10(16-2)3-6(9)8-5-17-11(13)14-8/h3-5H,1-2H3,(H2,13,14). The Hall–Kier alpha value is -1.27. The van der Waals surface area contributed by atoms with Crippen LogP contribution in [0.15, 0.2) is 22.0 Å². The molecule has 0 radical (unpaired) electrons. The first-order valence-electron chi connectivity index (χ1n) is 4.78. The molecule has 2 N–H and O–H groups in total. The van der Waals surface area contributed by atoms with Crippen molar-refractivity contribution in [3.63, 3.8) is 0 Å². The zero-order valence-electron chi connectivity index (χ0n) is 9.36. The Morgan fingerprint density at radius 3 is 2.47 bits per heavy atom. The van der Waals surface area contributed by atoms with E-state index in [0.29, 0.717) is 5.13 Å². The molecular formula is C11H11BrN2O2S. The van der Waals surface area contributed by atoms with Crippen LogP contribution in [0.5, 0.6) is 11.5 Å². The predicted octanol–water partition coefficient (Wildman–Crippen LogP) is 3.17. The number of aromatic nitrogens is 1. The minimum absolute atomic E-state index is 0.531. The van der Waals surface area contributed by atoms with E-state index in [1.54, 1.807) is 14.2 Å². The van der Waals surface area contributed by atoms with Crippen molar-refractivity contribution in [2.24, 2.45) is 0 Å². The largest absolute Gasteiger partial charge is 0.496 e. The van der Waals surface area contributed by atoms with Crippen LogP contribution < -0.4 is 15.2 Å². The van der Waals surface area contributed by atoms with E-state index >= 15 is 0 Å². The summed E-state index contributed by atoms with van der Waals surface area (Å²) >= 11 is 4.81. The minimum atomic E-state index is 0.531. The van der Waals surface area contributed by atoms with Crippen molar-refractivity contribution in [3.05, 3.63) is 22.0 Å². The topological polar surface area (TPSA) is 57.4 Å². The lowest BCUT2D eigenvalue weighted by Gasteiger charge is -2.10. The highest BCUT2D eigenvalue weighted by molar-refractivity contribution is 9.10. The van der Waals surface area contributed by atoms with E-state index in [9.17, 15) is 0 Å². The number of thiazole rings is 1. The van der Waals surface area contributed by atoms with E-state index in [0.717, 1.165) is 27.2 Å². The van der Waals surface area contributed by atoms with Crippen LogP contribution in [0.25, 0.3) is 11.3 Å². The van der Waals surface area contributed by atoms with Gasteiger partial charge in [0, 0.05) is 10.9 Å². The molecule has 0 aliphatic heterocycles. The fraction of sp³-hybridized carbons (Fsp3) is 0.182. The summed E-state index contributed by atoms with van der Waals surface area (Å²) in [6, 6.07) is 3.72. The number of hydrogen-bond donors (Lipinski definition) is 1. The molecule has 0 unspecified atom stereocenters. The third-order valence-electron chi connectivity index (χ3n) is 2.27. The Balaban J connectivity index is 2.58. The second-order valence-electron chi connectivity index (χ2n) is 3.26. The first-order valence-corrected chi connectivity index (χ1v) is 6.46. The number of ether oxygens (including phenoxy) is 2. The number of nitrogens with zero attached hydrogens (tertiary/aromatic N) is 1. The molecule has 6 heteroatoms. The van der Waals surface area contributed by atoms with Gasteiger partial charge in [-0.1, -0.05) is 0 Å². The Morgan fingerprint density at radius 1 is 1.24 bits per heavy atom. The highest BCUT2D eigenvalue weighted by atomic mass is 79.9. The van der Waals surface area contributed by atoms with Gasteiger partial charge >= 0.3 is 0 Å². The van der Waals surface area contributed by atoms with E-state index in [2.05, 4.69) is 20.9 Å². The van der Waals surface area contributed by atoms with Crippen LogP contribution in [0.2, 0.25) is 0 Å². The number of halogens is 1. The maximum Gasteiger partial charge on any atom is 0.180 e. The number of anilines is 1. The molecular weight excluding hydrogens is 304 g/mol. The molecule has 1 aromatic heterocycles. The molecule has 1 aromatic carbocycles. The maximum absolute atomic E-state index is 5.63. The van der Waals surface area contributed by atoms with E-state index in [1.165, 1.54) is 11.3 Å². The first-order chi connectivity index (χ1) is 8.15. The van der Waals surface area contributed by atoms with Gasteiger partial charge in [0.2, 0.25) is 0 Å². The van der Waals surface area contributed by atoms with Crippen LogP contribution in [0.4, 0.5) is 5.13 Å². The molecule has 0 fully saturated rings. The molecule has 0 aliphatic carbocycles. The van der Waals surface area contributed by atoms with Crippen LogP contribution in [-0.2, 0) is 0 Å². The van der Waals surface area contributed by atoms with Gasteiger partial charge in [-0.25, -0.2) is 4.98 Å². The van der Waals surface area contributed by atoms with Crippen LogP contribution >= 0.6 is 27.3 Å². The summed E-state index contributed by atoms with van der Waals surface area (Å²) in [5.74, 6) is 1.45. The molecule has 2 rings (SSSR count). The minimum Gasteiger partial charge on any atom is -0.496 e. The Bertz CT molecular complexity index is 542. The Labute approximate surface area is 112 Å². The number of nitrogens with two attached hydrogens (primary N) is 1. The molecule has 17 heavy (non-hydrogen) atoms. The SMILES string of the molecule is COc1cc(-c2csc(N)n2)c(OC)cc1Br. The van der Waals surface area contributed by atoms with Crippen molar-refractivity contribution < 1.29 is 9.47 Å². The average molecular weight is 315 g/mol. The molecule has 1 heterocycles. The number of benzene rings is 1. The quantitative estimate of drug-likeness (QED) is 0.945. The molecule has 0 spiro atoms. The van der Waals surface area contributed by atoms with Gasteiger partial charge in [-0.2, -0.15) is 0 Å². The number of rotatable bonds is 3. The van der Waals surface area contributed by atoms with Gasteiger partial charge in [0.15, 0.2) is 5.13 Å². The van der Waals surface area contributed by atoms with E-state index in [1.807, 2.05) is 17.5 Å². The van der Waals surface area contributed by atoms with Crippen molar-refractivity contribution in [1.82, 2.24) is 4.98 Å². The molecule has 90 valence electrons. The third kappa shape index (κ3) is 2.37. The van der Waals surface area contributed by atoms with Crippen LogP contribution in [-0.4, -0.2) is 19.2 Å². The molecule has 2 aromatic rings. The van der Waals surface area contributed by atoms with Gasteiger partial charge in [0.1, 0.15) is 11.5 Å². The lowest BCUT2D eigenvalue weighted by Crippen LogP contribution is -1.92. The number of methoxy groups -OCH3 is 2. The maximum atomic E-state index is 5.63.